The number of hydrogen-bond acceptors (Lipinski definition) is 6. The highest BCUT2D eigenvalue weighted by atomic mass is 32.2. The van der Waals surface area contributed by atoms with Gasteiger partial charge in [-0.05, 0) is 30.7 Å². The van der Waals surface area contributed by atoms with Gasteiger partial charge in [0.1, 0.15) is 5.69 Å². The number of hydrogen-bond donors (Lipinski definition) is 3. The number of amides is 1. The summed E-state index contributed by atoms with van der Waals surface area (Å²) in [5.74, 6) is -0.438. The van der Waals surface area contributed by atoms with Gasteiger partial charge in [-0.25, -0.2) is 13.6 Å². The van der Waals surface area contributed by atoms with E-state index in [2.05, 4.69) is 10.6 Å². The molecule has 0 spiro atoms. The Balaban J connectivity index is 1.96. The van der Waals surface area contributed by atoms with Gasteiger partial charge in [0.05, 0.1) is 16.4 Å². The van der Waals surface area contributed by atoms with Crippen LogP contribution in [-0.4, -0.2) is 25.8 Å². The van der Waals surface area contributed by atoms with Crippen LogP contribution in [0.25, 0.3) is 0 Å². The minimum Gasteiger partial charge on any atom is -0.319 e. The van der Waals surface area contributed by atoms with E-state index in [9.17, 15) is 23.3 Å². The Morgan fingerprint density at radius 1 is 1.19 bits per heavy atom. The van der Waals surface area contributed by atoms with Crippen molar-refractivity contribution in [1.82, 2.24) is 5.32 Å². The summed E-state index contributed by atoms with van der Waals surface area (Å²) in [5.41, 5.74) is 0.692. The van der Waals surface area contributed by atoms with Crippen LogP contribution >= 0.6 is 0 Å². The van der Waals surface area contributed by atoms with Crippen LogP contribution < -0.4 is 15.8 Å². The topological polar surface area (TPSA) is 144 Å². The van der Waals surface area contributed by atoms with Crippen molar-refractivity contribution in [3.05, 3.63) is 64.2 Å². The molecule has 9 nitrogen and oxygen atoms in total. The van der Waals surface area contributed by atoms with E-state index < -0.39 is 20.9 Å². The van der Waals surface area contributed by atoms with Gasteiger partial charge in [0.2, 0.25) is 15.9 Å². The summed E-state index contributed by atoms with van der Waals surface area (Å²) >= 11 is 0. The van der Waals surface area contributed by atoms with Crippen molar-refractivity contribution in [3.63, 3.8) is 0 Å². The lowest BCUT2D eigenvalue weighted by Crippen LogP contribution is -2.30. The van der Waals surface area contributed by atoms with Crippen molar-refractivity contribution in [2.24, 2.45) is 5.14 Å². The maximum Gasteiger partial charge on any atom is 0.292 e. The molecule has 0 saturated heterocycles. The summed E-state index contributed by atoms with van der Waals surface area (Å²) in [5, 5.41) is 21.4. The summed E-state index contributed by atoms with van der Waals surface area (Å²) < 4.78 is 22.5. The second kappa shape index (κ2) is 8.04. The van der Waals surface area contributed by atoms with E-state index in [1.807, 2.05) is 0 Å². The molecular weight excluding hydrogens is 360 g/mol. The van der Waals surface area contributed by atoms with Gasteiger partial charge in [-0.2, -0.15) is 0 Å². The average Bonchev–Trinajstić information content (AvgIpc) is 2.59. The number of primary sulfonamides is 1. The van der Waals surface area contributed by atoms with Crippen molar-refractivity contribution >= 4 is 27.3 Å². The first-order valence-electron chi connectivity index (χ1n) is 7.58. The molecule has 0 fully saturated rings. The average molecular weight is 378 g/mol. The normalized spacial score (nSPS) is 12.4. The minimum absolute atomic E-state index is 0.00239. The summed E-state index contributed by atoms with van der Waals surface area (Å²) in [6, 6.07) is 11.6. The lowest BCUT2D eigenvalue weighted by atomic mass is 10.1. The maximum atomic E-state index is 12.0. The summed E-state index contributed by atoms with van der Waals surface area (Å²) in [6.07, 6.45) is 0. The number of rotatable bonds is 7. The first kappa shape index (κ1) is 19.5. The molecule has 2 aromatic carbocycles. The highest BCUT2D eigenvalue weighted by molar-refractivity contribution is 7.89. The molecule has 0 aliphatic carbocycles. The zero-order valence-corrected chi connectivity index (χ0v) is 14.7. The third kappa shape index (κ3) is 5.09. The van der Waals surface area contributed by atoms with E-state index in [1.54, 1.807) is 25.1 Å². The smallest absolute Gasteiger partial charge is 0.292 e. The molecule has 0 aromatic heterocycles. The van der Waals surface area contributed by atoms with Crippen LogP contribution in [0.3, 0.4) is 0 Å². The molecule has 2 rings (SSSR count). The molecule has 138 valence electrons. The Labute approximate surface area is 150 Å². The summed E-state index contributed by atoms with van der Waals surface area (Å²) in [4.78, 5) is 22.4. The molecule has 0 saturated carbocycles. The van der Waals surface area contributed by atoms with E-state index >= 15 is 0 Å². The van der Waals surface area contributed by atoms with Crippen molar-refractivity contribution in [1.29, 1.82) is 0 Å². The molecular formula is C16H18N4O5S. The minimum atomic E-state index is -3.76. The van der Waals surface area contributed by atoms with Gasteiger partial charge < -0.3 is 10.6 Å². The van der Waals surface area contributed by atoms with Gasteiger partial charge in [0.25, 0.3) is 5.69 Å². The van der Waals surface area contributed by atoms with Gasteiger partial charge in [-0.15, -0.1) is 0 Å². The first-order valence-corrected chi connectivity index (χ1v) is 9.12. The molecule has 4 N–H and O–H groups in total. The van der Waals surface area contributed by atoms with Gasteiger partial charge in [0, 0.05) is 12.1 Å². The number of nitro groups is 1. The zero-order chi connectivity index (χ0) is 19.3. The third-order valence-corrected chi connectivity index (χ3v) is 4.58. The largest absolute Gasteiger partial charge is 0.319 e. The van der Waals surface area contributed by atoms with E-state index in [1.165, 1.54) is 30.3 Å². The highest BCUT2D eigenvalue weighted by Gasteiger charge is 2.15. The first-order chi connectivity index (χ1) is 12.2. The molecule has 0 aliphatic rings. The molecule has 0 radical (unpaired) electrons. The Morgan fingerprint density at radius 2 is 1.81 bits per heavy atom. The standard InChI is InChI=1S/C16H18N4O5S/c1-11(12-6-8-13(9-7-12)26(17,24)25)18-10-16(21)19-14-4-2-3-5-15(14)20(22)23/h2-9,11,18H,10H2,1H3,(H,19,21)(H2,17,24,25). The number of benzene rings is 2. The lowest BCUT2D eigenvalue weighted by molar-refractivity contribution is -0.383. The van der Waals surface area contributed by atoms with E-state index in [0.29, 0.717) is 0 Å². The van der Waals surface area contributed by atoms with Gasteiger partial charge >= 0.3 is 0 Å². The predicted molar refractivity (Wildman–Crippen MR) is 96.0 cm³/mol. The Hall–Kier alpha value is -2.82. The number of nitrogens with two attached hydrogens (primary N) is 1. The molecule has 0 aliphatic heterocycles. The number of carbonyl (C=O) groups is 1. The molecule has 1 amide bonds. The van der Waals surface area contributed by atoms with Crippen LogP contribution in [0.4, 0.5) is 11.4 Å². The van der Waals surface area contributed by atoms with Gasteiger partial charge in [-0.3, -0.25) is 14.9 Å². The highest BCUT2D eigenvalue weighted by Crippen LogP contribution is 2.23. The van der Waals surface area contributed by atoms with Crippen LogP contribution in [0.1, 0.15) is 18.5 Å². The molecule has 1 unspecified atom stereocenters. The fourth-order valence-corrected chi connectivity index (χ4v) is 2.76. The quantitative estimate of drug-likeness (QED) is 0.492. The Bertz CT molecular complexity index is 912. The van der Waals surface area contributed by atoms with Crippen LogP contribution in [0.5, 0.6) is 0 Å². The maximum absolute atomic E-state index is 12.0. The number of carbonyl (C=O) groups excluding carboxylic acids is 1. The predicted octanol–water partition coefficient (Wildman–Crippen LogP) is 1.53. The van der Waals surface area contributed by atoms with E-state index in [4.69, 9.17) is 5.14 Å². The summed E-state index contributed by atoms with van der Waals surface area (Å²) in [7, 11) is -3.76. The van der Waals surface area contributed by atoms with Crippen molar-refractivity contribution in [3.8, 4) is 0 Å². The fourth-order valence-electron chi connectivity index (χ4n) is 2.24. The van der Waals surface area contributed by atoms with E-state index in [-0.39, 0.29) is 28.9 Å². The second-order valence-electron chi connectivity index (χ2n) is 5.54. The molecule has 10 heteroatoms. The second-order valence-corrected chi connectivity index (χ2v) is 7.10. The van der Waals surface area contributed by atoms with E-state index in [0.717, 1.165) is 5.56 Å². The molecule has 1 atom stereocenters. The van der Waals surface area contributed by atoms with Crippen molar-refractivity contribution in [2.45, 2.75) is 17.9 Å². The van der Waals surface area contributed by atoms with Gasteiger partial charge in [-0.1, -0.05) is 24.3 Å². The van der Waals surface area contributed by atoms with Crippen molar-refractivity contribution < 1.29 is 18.1 Å². The van der Waals surface area contributed by atoms with Crippen LogP contribution in [0.2, 0.25) is 0 Å². The number of nitro benzene ring substituents is 1. The van der Waals surface area contributed by atoms with Crippen molar-refractivity contribution in [2.75, 3.05) is 11.9 Å². The fraction of sp³-hybridized carbons (Fsp3) is 0.188. The number of nitrogens with zero attached hydrogens (tertiary/aromatic N) is 1. The van der Waals surface area contributed by atoms with Crippen LogP contribution in [0.15, 0.2) is 53.4 Å². The SMILES string of the molecule is CC(NCC(=O)Nc1ccccc1[N+](=O)[O-])c1ccc(S(N)(=O)=O)cc1. The number of anilines is 1. The molecule has 0 heterocycles. The molecule has 26 heavy (non-hydrogen) atoms. The third-order valence-electron chi connectivity index (χ3n) is 3.65. The molecule has 2 aromatic rings. The Morgan fingerprint density at radius 3 is 2.38 bits per heavy atom. The monoisotopic (exact) mass is 378 g/mol. The van der Waals surface area contributed by atoms with Gasteiger partial charge in [0.15, 0.2) is 0 Å². The number of para-hydroxylation sites is 2. The van der Waals surface area contributed by atoms with Crippen LogP contribution in [0, 0.1) is 10.1 Å². The molecule has 0 bridgehead atoms. The Kier molecular flexibility index (Phi) is 6.03. The lowest BCUT2D eigenvalue weighted by Gasteiger charge is -2.14. The number of sulfonamides is 1. The number of nitrogens with one attached hydrogen (secondary N) is 2. The zero-order valence-electron chi connectivity index (χ0n) is 13.9. The summed E-state index contributed by atoms with van der Waals surface area (Å²) in [6.45, 7) is 1.72. The van der Waals surface area contributed by atoms with Crippen LogP contribution in [-0.2, 0) is 14.8 Å².